The van der Waals surface area contributed by atoms with Crippen molar-refractivity contribution in [3.63, 3.8) is 0 Å². The van der Waals surface area contributed by atoms with Gasteiger partial charge in [0.1, 0.15) is 6.04 Å². The van der Waals surface area contributed by atoms with Gasteiger partial charge >= 0.3 is 5.97 Å². The molecule has 2 aliphatic rings. The third kappa shape index (κ3) is 2.37. The van der Waals surface area contributed by atoms with Gasteiger partial charge < -0.3 is 10.2 Å². The fourth-order valence-corrected chi connectivity index (χ4v) is 4.51. The van der Waals surface area contributed by atoms with Crippen LogP contribution >= 0.6 is 0 Å². The number of aliphatic carboxylic acids is 1. The molecule has 2 rings (SSSR count). The predicted molar refractivity (Wildman–Crippen MR) is 63.1 cm³/mol. The van der Waals surface area contributed by atoms with Crippen molar-refractivity contribution < 1.29 is 23.4 Å². The topological polar surface area (TPSA) is 98.2 Å². The van der Waals surface area contributed by atoms with Gasteiger partial charge in [-0.3, -0.25) is 4.79 Å². The molecule has 2 saturated heterocycles. The van der Waals surface area contributed by atoms with E-state index in [2.05, 4.69) is 0 Å². The standard InChI is InChI=1S/C10H18N2O5S/c1-10(15)6-11(7-10)18(16,17)12-5-3-2-4-8(12)9(13)14/h8,15H,2-7H2,1H3,(H,13,14). The van der Waals surface area contributed by atoms with Crippen molar-refractivity contribution in [2.75, 3.05) is 19.6 Å². The van der Waals surface area contributed by atoms with Gasteiger partial charge in [-0.2, -0.15) is 17.0 Å². The Morgan fingerprint density at radius 1 is 1.33 bits per heavy atom. The fraction of sp³-hybridized carbons (Fsp3) is 0.900. The molecule has 104 valence electrons. The van der Waals surface area contributed by atoms with E-state index in [1.54, 1.807) is 6.92 Å². The van der Waals surface area contributed by atoms with Gasteiger partial charge in [0, 0.05) is 19.6 Å². The van der Waals surface area contributed by atoms with E-state index in [0.29, 0.717) is 12.8 Å². The summed E-state index contributed by atoms with van der Waals surface area (Å²) < 4.78 is 26.7. The molecule has 0 aliphatic carbocycles. The van der Waals surface area contributed by atoms with Gasteiger partial charge in [-0.05, 0) is 26.2 Å². The minimum absolute atomic E-state index is 0.0260. The van der Waals surface area contributed by atoms with Crippen molar-refractivity contribution in [3.8, 4) is 0 Å². The molecule has 0 aromatic rings. The second-order valence-corrected chi connectivity index (χ2v) is 7.11. The van der Waals surface area contributed by atoms with E-state index in [9.17, 15) is 18.3 Å². The first-order chi connectivity index (χ1) is 8.24. The molecule has 2 aliphatic heterocycles. The van der Waals surface area contributed by atoms with E-state index in [0.717, 1.165) is 15.0 Å². The molecular formula is C10H18N2O5S. The Morgan fingerprint density at radius 2 is 1.94 bits per heavy atom. The molecule has 2 N–H and O–H groups in total. The van der Waals surface area contributed by atoms with Gasteiger partial charge in [0.25, 0.3) is 10.2 Å². The van der Waals surface area contributed by atoms with E-state index >= 15 is 0 Å². The quantitative estimate of drug-likeness (QED) is 0.707. The third-order valence-corrected chi connectivity index (χ3v) is 5.34. The molecular weight excluding hydrogens is 260 g/mol. The summed E-state index contributed by atoms with van der Waals surface area (Å²) in [6.45, 7) is 1.85. The molecule has 1 atom stereocenters. The van der Waals surface area contributed by atoms with Crippen LogP contribution in [0, 0.1) is 0 Å². The van der Waals surface area contributed by atoms with Crippen LogP contribution in [0.25, 0.3) is 0 Å². The van der Waals surface area contributed by atoms with Gasteiger partial charge in [-0.25, -0.2) is 0 Å². The van der Waals surface area contributed by atoms with Gasteiger partial charge in [-0.1, -0.05) is 0 Å². The zero-order valence-electron chi connectivity index (χ0n) is 10.2. The largest absolute Gasteiger partial charge is 0.480 e. The molecule has 0 saturated carbocycles. The number of nitrogens with zero attached hydrogens (tertiary/aromatic N) is 2. The summed E-state index contributed by atoms with van der Waals surface area (Å²) in [6, 6.07) is -0.978. The highest BCUT2D eigenvalue weighted by Gasteiger charge is 2.48. The van der Waals surface area contributed by atoms with Crippen LogP contribution < -0.4 is 0 Å². The van der Waals surface area contributed by atoms with Crippen LogP contribution in [0.2, 0.25) is 0 Å². The Hall–Kier alpha value is -0.700. The lowest BCUT2D eigenvalue weighted by molar-refractivity contribution is -0.142. The summed E-state index contributed by atoms with van der Waals surface area (Å²) in [6.07, 6.45) is 1.74. The minimum atomic E-state index is -3.76. The minimum Gasteiger partial charge on any atom is -0.480 e. The molecule has 7 nitrogen and oxygen atoms in total. The number of hydrogen-bond donors (Lipinski definition) is 2. The summed E-state index contributed by atoms with van der Waals surface area (Å²) in [5, 5.41) is 18.7. The third-order valence-electron chi connectivity index (χ3n) is 3.40. The maximum absolute atomic E-state index is 12.2. The monoisotopic (exact) mass is 278 g/mol. The van der Waals surface area contributed by atoms with Crippen molar-refractivity contribution in [2.45, 2.75) is 37.8 Å². The van der Waals surface area contributed by atoms with Gasteiger partial charge in [0.2, 0.25) is 0 Å². The maximum atomic E-state index is 12.2. The number of aliphatic hydroxyl groups is 1. The summed E-state index contributed by atoms with van der Waals surface area (Å²) in [4.78, 5) is 11.1. The number of carboxylic acid groups (broad SMARTS) is 1. The van der Waals surface area contributed by atoms with Crippen LogP contribution in [0.3, 0.4) is 0 Å². The zero-order chi connectivity index (χ0) is 13.6. The smallest absolute Gasteiger partial charge is 0.322 e. The Morgan fingerprint density at radius 3 is 2.44 bits per heavy atom. The van der Waals surface area contributed by atoms with Crippen LogP contribution in [0.15, 0.2) is 0 Å². The highest BCUT2D eigenvalue weighted by Crippen LogP contribution is 2.29. The van der Waals surface area contributed by atoms with Gasteiger partial charge in [0.05, 0.1) is 5.60 Å². The van der Waals surface area contributed by atoms with Gasteiger partial charge in [0.15, 0.2) is 0 Å². The number of carbonyl (C=O) groups is 1. The van der Waals surface area contributed by atoms with E-state index in [-0.39, 0.29) is 19.6 Å². The summed E-state index contributed by atoms with van der Waals surface area (Å²) >= 11 is 0. The van der Waals surface area contributed by atoms with Crippen LogP contribution in [0.1, 0.15) is 26.2 Å². The van der Waals surface area contributed by atoms with Crippen LogP contribution in [-0.4, -0.2) is 64.5 Å². The first-order valence-electron chi connectivity index (χ1n) is 5.96. The average Bonchev–Trinajstić information content (AvgIpc) is 2.25. The van der Waals surface area contributed by atoms with Crippen LogP contribution in [-0.2, 0) is 15.0 Å². The summed E-state index contributed by atoms with van der Waals surface area (Å²) in [5.74, 6) is -1.11. The fourth-order valence-electron chi connectivity index (χ4n) is 2.45. The number of β-amino-alcohol motifs (C(OH)–C–C–N with tert-alkyl or cyclic N) is 1. The number of piperidine rings is 1. The summed E-state index contributed by atoms with van der Waals surface area (Å²) in [7, 11) is -3.76. The Bertz CT molecular complexity index is 439. The maximum Gasteiger partial charge on any atom is 0.322 e. The van der Waals surface area contributed by atoms with E-state index in [1.165, 1.54) is 0 Å². The first kappa shape index (κ1) is 13.7. The van der Waals surface area contributed by atoms with Crippen molar-refractivity contribution in [1.82, 2.24) is 8.61 Å². The molecule has 18 heavy (non-hydrogen) atoms. The van der Waals surface area contributed by atoms with E-state index < -0.39 is 27.8 Å². The Labute approximate surface area is 106 Å². The lowest BCUT2D eigenvalue weighted by Crippen LogP contribution is -2.66. The average molecular weight is 278 g/mol. The highest BCUT2D eigenvalue weighted by molar-refractivity contribution is 7.86. The number of carboxylic acids is 1. The zero-order valence-corrected chi connectivity index (χ0v) is 11.1. The number of rotatable bonds is 3. The normalized spacial score (nSPS) is 29.8. The first-order valence-corrected chi connectivity index (χ1v) is 7.36. The van der Waals surface area contributed by atoms with Crippen molar-refractivity contribution in [3.05, 3.63) is 0 Å². The van der Waals surface area contributed by atoms with Crippen LogP contribution in [0.4, 0.5) is 0 Å². The van der Waals surface area contributed by atoms with Crippen molar-refractivity contribution in [2.24, 2.45) is 0 Å². The molecule has 8 heteroatoms. The predicted octanol–water partition coefficient (Wildman–Crippen LogP) is -0.763. The van der Waals surface area contributed by atoms with Crippen LogP contribution in [0.5, 0.6) is 0 Å². The SMILES string of the molecule is CC1(O)CN(S(=O)(=O)N2CCCCC2C(=O)O)C1. The van der Waals surface area contributed by atoms with Crippen molar-refractivity contribution in [1.29, 1.82) is 0 Å². The molecule has 1 unspecified atom stereocenters. The molecule has 2 heterocycles. The Kier molecular flexibility index (Phi) is 3.39. The molecule has 0 spiro atoms. The van der Waals surface area contributed by atoms with Gasteiger partial charge in [-0.15, -0.1) is 0 Å². The molecule has 2 fully saturated rings. The second-order valence-electron chi connectivity index (χ2n) is 5.23. The van der Waals surface area contributed by atoms with E-state index in [4.69, 9.17) is 5.11 Å². The lowest BCUT2D eigenvalue weighted by Gasteiger charge is -2.46. The molecule has 0 aromatic carbocycles. The number of hydrogen-bond acceptors (Lipinski definition) is 4. The highest BCUT2D eigenvalue weighted by atomic mass is 32.2. The second kappa shape index (κ2) is 4.44. The lowest BCUT2D eigenvalue weighted by atomic mass is 10.0. The Balaban J connectivity index is 2.15. The van der Waals surface area contributed by atoms with Crippen molar-refractivity contribution >= 4 is 16.2 Å². The molecule has 0 aromatic heterocycles. The molecule has 0 radical (unpaired) electrons. The molecule has 0 amide bonds. The van der Waals surface area contributed by atoms with E-state index in [1.807, 2.05) is 0 Å². The molecule has 0 bridgehead atoms. The summed E-state index contributed by atoms with van der Waals surface area (Å²) in [5.41, 5.74) is -0.998.